The zero-order chi connectivity index (χ0) is 22.2. The Balaban J connectivity index is 1.48. The zero-order valence-corrected chi connectivity index (χ0v) is 18.0. The van der Waals surface area contributed by atoms with Crippen LogP contribution in [0.25, 0.3) is 10.8 Å². The number of sulfonamides is 1. The molecule has 4 nitrogen and oxygen atoms in total. The first-order valence-corrected chi connectivity index (χ1v) is 11.7. The second-order valence-corrected chi connectivity index (χ2v) is 10.1. The van der Waals surface area contributed by atoms with Gasteiger partial charge in [-0.15, -0.1) is 0 Å². The van der Waals surface area contributed by atoms with E-state index >= 15 is 8.78 Å². The zero-order valence-electron chi connectivity index (χ0n) is 17.2. The summed E-state index contributed by atoms with van der Waals surface area (Å²) in [6.45, 7) is 1.87. The molecule has 0 saturated carbocycles. The number of nitrogens with zero attached hydrogens (tertiary/aromatic N) is 1. The summed E-state index contributed by atoms with van der Waals surface area (Å²) >= 11 is 0. The van der Waals surface area contributed by atoms with E-state index in [4.69, 9.17) is 0 Å². The predicted molar refractivity (Wildman–Crippen MR) is 117 cm³/mol. The van der Waals surface area contributed by atoms with E-state index in [1.807, 2.05) is 31.2 Å². The highest BCUT2D eigenvalue weighted by Gasteiger charge is 2.48. The van der Waals surface area contributed by atoms with Crippen LogP contribution in [0.5, 0.6) is 0 Å². The van der Waals surface area contributed by atoms with E-state index in [1.165, 1.54) is 22.5 Å². The summed E-state index contributed by atoms with van der Waals surface area (Å²) in [5, 5.41) is 12.2. The Bertz CT molecular complexity index is 1170. The van der Waals surface area contributed by atoms with Crippen LogP contribution in [0.1, 0.15) is 30.1 Å². The monoisotopic (exact) mass is 445 g/mol. The lowest BCUT2D eigenvalue weighted by molar-refractivity contribution is -0.158. The summed E-state index contributed by atoms with van der Waals surface area (Å²) in [5.41, 5.74) is 1.11. The van der Waals surface area contributed by atoms with Crippen LogP contribution in [-0.4, -0.2) is 36.8 Å². The van der Waals surface area contributed by atoms with Gasteiger partial charge in [-0.2, -0.15) is 4.31 Å². The third-order valence-electron chi connectivity index (χ3n) is 6.11. The van der Waals surface area contributed by atoms with Gasteiger partial charge in [0.15, 0.2) is 0 Å². The first-order valence-electron chi connectivity index (χ1n) is 10.3. The summed E-state index contributed by atoms with van der Waals surface area (Å²) < 4.78 is 57.2. The minimum Gasteiger partial charge on any atom is -0.382 e. The molecule has 0 radical (unpaired) electrons. The van der Waals surface area contributed by atoms with Gasteiger partial charge in [-0.1, -0.05) is 54.1 Å². The van der Waals surface area contributed by atoms with Gasteiger partial charge in [0, 0.05) is 19.0 Å². The van der Waals surface area contributed by atoms with Crippen molar-refractivity contribution in [1.82, 2.24) is 4.31 Å². The number of rotatable bonds is 5. The molecule has 1 unspecified atom stereocenters. The SMILES string of the molecule is Cc1ccc(S(=O)(=O)N2CCC(C(F)(F)C(O)c3ccc4ccccc4c3)CC2)cc1. The van der Waals surface area contributed by atoms with E-state index in [1.54, 1.807) is 24.3 Å². The largest absolute Gasteiger partial charge is 0.382 e. The van der Waals surface area contributed by atoms with Crippen molar-refractivity contribution in [3.05, 3.63) is 77.9 Å². The van der Waals surface area contributed by atoms with E-state index in [9.17, 15) is 13.5 Å². The fourth-order valence-corrected chi connectivity index (χ4v) is 5.63. The van der Waals surface area contributed by atoms with Crippen molar-refractivity contribution in [1.29, 1.82) is 0 Å². The van der Waals surface area contributed by atoms with Crippen molar-refractivity contribution < 1.29 is 22.3 Å². The molecule has 4 rings (SSSR count). The molecular weight excluding hydrogens is 420 g/mol. The first kappa shape index (κ1) is 21.9. The predicted octanol–water partition coefficient (Wildman–Crippen LogP) is 4.92. The molecule has 0 bridgehead atoms. The first-order chi connectivity index (χ1) is 14.7. The van der Waals surface area contributed by atoms with Crippen molar-refractivity contribution in [3.63, 3.8) is 0 Å². The van der Waals surface area contributed by atoms with Crippen LogP contribution in [-0.2, 0) is 10.0 Å². The lowest BCUT2D eigenvalue weighted by atomic mass is 9.85. The molecule has 0 amide bonds. The number of hydrogen-bond acceptors (Lipinski definition) is 3. The molecule has 1 atom stereocenters. The summed E-state index contributed by atoms with van der Waals surface area (Å²) in [5.74, 6) is -4.46. The maximum Gasteiger partial charge on any atom is 0.280 e. The number of aryl methyl sites for hydroxylation is 1. The Morgan fingerprint density at radius 3 is 2.23 bits per heavy atom. The second kappa shape index (κ2) is 8.30. The molecule has 1 aliphatic rings. The Hall–Kier alpha value is -2.35. The van der Waals surface area contributed by atoms with Gasteiger partial charge in [0.25, 0.3) is 5.92 Å². The topological polar surface area (TPSA) is 57.6 Å². The number of piperidine rings is 1. The normalized spacial score (nSPS) is 17.7. The lowest BCUT2D eigenvalue weighted by Gasteiger charge is -2.37. The van der Waals surface area contributed by atoms with Crippen LogP contribution in [0.2, 0.25) is 0 Å². The van der Waals surface area contributed by atoms with Gasteiger partial charge in [-0.25, -0.2) is 17.2 Å². The molecule has 3 aromatic carbocycles. The molecule has 3 aromatic rings. The molecule has 1 saturated heterocycles. The fraction of sp³-hybridized carbons (Fsp3) is 0.333. The maximum atomic E-state index is 15.2. The van der Waals surface area contributed by atoms with Crippen LogP contribution in [0, 0.1) is 12.8 Å². The van der Waals surface area contributed by atoms with Crippen molar-refractivity contribution in [3.8, 4) is 0 Å². The number of alkyl halides is 2. The van der Waals surface area contributed by atoms with E-state index < -0.39 is 28.0 Å². The van der Waals surface area contributed by atoms with Crippen LogP contribution in [0.3, 0.4) is 0 Å². The lowest BCUT2D eigenvalue weighted by Crippen LogP contribution is -2.45. The Kier molecular flexibility index (Phi) is 5.85. The van der Waals surface area contributed by atoms with E-state index in [-0.39, 0.29) is 36.4 Å². The van der Waals surface area contributed by atoms with Crippen LogP contribution in [0.15, 0.2) is 71.6 Å². The van der Waals surface area contributed by atoms with E-state index in [0.717, 1.165) is 16.3 Å². The van der Waals surface area contributed by atoms with Gasteiger partial charge in [0.2, 0.25) is 10.0 Å². The standard InChI is InChI=1S/C24H25F2NO3S/c1-17-6-10-22(11-7-17)31(29,30)27-14-12-21(13-15-27)24(25,26)23(28)20-9-8-18-4-2-3-5-19(18)16-20/h2-11,16,21,23,28H,12-15H2,1H3. The van der Waals surface area contributed by atoms with E-state index in [2.05, 4.69) is 0 Å². The molecule has 31 heavy (non-hydrogen) atoms. The number of aliphatic hydroxyl groups is 1. The van der Waals surface area contributed by atoms with Crippen LogP contribution < -0.4 is 0 Å². The van der Waals surface area contributed by atoms with Crippen molar-refractivity contribution in [2.45, 2.75) is 36.7 Å². The smallest absolute Gasteiger partial charge is 0.280 e. The summed E-state index contributed by atoms with van der Waals surface area (Å²) in [6, 6.07) is 18.7. The summed E-state index contributed by atoms with van der Waals surface area (Å²) in [7, 11) is -3.72. The van der Waals surface area contributed by atoms with Gasteiger partial charge >= 0.3 is 0 Å². The van der Waals surface area contributed by atoms with Gasteiger partial charge < -0.3 is 5.11 Å². The molecule has 1 N–H and O–H groups in total. The molecule has 0 aliphatic carbocycles. The highest BCUT2D eigenvalue weighted by molar-refractivity contribution is 7.89. The van der Waals surface area contributed by atoms with Crippen LogP contribution in [0.4, 0.5) is 8.78 Å². The molecule has 0 spiro atoms. The fourth-order valence-electron chi connectivity index (χ4n) is 4.16. The van der Waals surface area contributed by atoms with Crippen LogP contribution >= 0.6 is 0 Å². The Labute approximate surface area is 181 Å². The van der Waals surface area contributed by atoms with Gasteiger partial charge in [0.05, 0.1) is 4.90 Å². The Morgan fingerprint density at radius 2 is 1.58 bits per heavy atom. The third kappa shape index (κ3) is 4.22. The molecule has 1 fully saturated rings. The number of halogens is 2. The number of aliphatic hydroxyl groups excluding tert-OH is 1. The minimum absolute atomic E-state index is 0.000900. The van der Waals surface area contributed by atoms with Gasteiger partial charge in [0.1, 0.15) is 6.10 Å². The molecule has 7 heteroatoms. The maximum absolute atomic E-state index is 15.2. The number of hydrogen-bond donors (Lipinski definition) is 1. The molecule has 164 valence electrons. The Morgan fingerprint density at radius 1 is 0.968 bits per heavy atom. The summed E-state index contributed by atoms with van der Waals surface area (Å²) in [4.78, 5) is 0.166. The van der Waals surface area contributed by atoms with Crippen molar-refractivity contribution >= 4 is 20.8 Å². The molecule has 0 aromatic heterocycles. The highest BCUT2D eigenvalue weighted by atomic mass is 32.2. The quantitative estimate of drug-likeness (QED) is 0.607. The molecular formula is C24H25F2NO3S. The number of benzene rings is 3. The van der Waals surface area contributed by atoms with E-state index in [0.29, 0.717) is 0 Å². The van der Waals surface area contributed by atoms with Gasteiger partial charge in [-0.3, -0.25) is 0 Å². The average molecular weight is 446 g/mol. The second-order valence-electron chi connectivity index (χ2n) is 8.18. The van der Waals surface area contributed by atoms with Crippen molar-refractivity contribution in [2.24, 2.45) is 5.92 Å². The van der Waals surface area contributed by atoms with Gasteiger partial charge in [-0.05, 0) is 54.3 Å². The molecule has 1 heterocycles. The summed E-state index contributed by atoms with van der Waals surface area (Å²) in [6.07, 6.45) is -1.96. The minimum atomic E-state index is -3.72. The number of fused-ring (bicyclic) bond motifs is 1. The van der Waals surface area contributed by atoms with Crippen molar-refractivity contribution in [2.75, 3.05) is 13.1 Å². The average Bonchev–Trinajstić information content (AvgIpc) is 2.78. The third-order valence-corrected chi connectivity index (χ3v) is 8.02. The highest BCUT2D eigenvalue weighted by Crippen LogP contribution is 2.43. The molecule has 1 aliphatic heterocycles.